The summed E-state index contributed by atoms with van der Waals surface area (Å²) in [5, 5.41) is 8.95. The molecule has 3 atom stereocenters. The normalized spacial score (nSPS) is 30.6. The highest BCUT2D eigenvalue weighted by molar-refractivity contribution is 5.84. The fourth-order valence-corrected chi connectivity index (χ4v) is 2.07. The van der Waals surface area contributed by atoms with Gasteiger partial charge in [-0.3, -0.25) is 14.4 Å². The van der Waals surface area contributed by atoms with Gasteiger partial charge < -0.3 is 9.84 Å². The van der Waals surface area contributed by atoms with Crippen LogP contribution in [0.4, 0.5) is 0 Å². The first-order chi connectivity index (χ1) is 7.06. The molecular formula is C10H14O5. The molecule has 0 spiro atoms. The Balaban J connectivity index is 2.72. The van der Waals surface area contributed by atoms with E-state index in [2.05, 4.69) is 4.74 Å². The molecule has 1 saturated carbocycles. The third-order valence-corrected chi connectivity index (χ3v) is 2.90. The second-order valence-electron chi connectivity index (χ2n) is 4.00. The first-order valence-corrected chi connectivity index (χ1v) is 4.93. The van der Waals surface area contributed by atoms with Crippen LogP contribution in [0.3, 0.4) is 0 Å². The summed E-state index contributed by atoms with van der Waals surface area (Å²) in [6.07, 6.45) is 1.74. The van der Waals surface area contributed by atoms with Crippen molar-refractivity contribution in [1.29, 1.82) is 0 Å². The van der Waals surface area contributed by atoms with E-state index < -0.39 is 23.8 Å². The molecule has 1 aliphatic carbocycles. The molecule has 0 bridgehead atoms. The lowest BCUT2D eigenvalue weighted by atomic mass is 9.74. The van der Waals surface area contributed by atoms with Crippen molar-refractivity contribution in [3.8, 4) is 0 Å². The van der Waals surface area contributed by atoms with Gasteiger partial charge in [0.05, 0.1) is 11.8 Å². The summed E-state index contributed by atoms with van der Waals surface area (Å²) in [4.78, 5) is 32.2. The van der Waals surface area contributed by atoms with Crippen molar-refractivity contribution in [3.05, 3.63) is 0 Å². The quantitative estimate of drug-likeness (QED) is 0.427. The molecule has 0 heterocycles. The van der Waals surface area contributed by atoms with E-state index >= 15 is 0 Å². The van der Waals surface area contributed by atoms with Crippen molar-refractivity contribution >= 4 is 18.4 Å². The van der Waals surface area contributed by atoms with Crippen LogP contribution in [0.2, 0.25) is 0 Å². The molecule has 0 aromatic carbocycles. The summed E-state index contributed by atoms with van der Waals surface area (Å²) in [6.45, 7) is 2.01. The van der Waals surface area contributed by atoms with Crippen molar-refractivity contribution < 1.29 is 24.2 Å². The molecule has 0 radical (unpaired) electrons. The number of carboxylic acids is 1. The number of hydrogen-bond donors (Lipinski definition) is 1. The molecule has 0 saturated heterocycles. The average molecular weight is 214 g/mol. The maximum absolute atomic E-state index is 11.3. The number of carbonyl (C=O) groups is 3. The largest absolute Gasteiger partial charge is 0.481 e. The Morgan fingerprint density at radius 1 is 1.33 bits per heavy atom. The summed E-state index contributed by atoms with van der Waals surface area (Å²) in [5.74, 6) is -2.81. The minimum Gasteiger partial charge on any atom is -0.481 e. The lowest BCUT2D eigenvalue weighted by molar-refractivity contribution is -0.163. The standard InChI is InChI=1S/C10H14O5/c1-6-2-3-7(10(14)15-5-11)8(4-6)9(12)13/h5-8H,2-4H2,1H3,(H,12,13). The van der Waals surface area contributed by atoms with Crippen LogP contribution in [0.15, 0.2) is 0 Å². The number of rotatable bonds is 3. The van der Waals surface area contributed by atoms with Crippen molar-refractivity contribution in [2.45, 2.75) is 26.2 Å². The smallest absolute Gasteiger partial charge is 0.317 e. The predicted molar refractivity (Wildman–Crippen MR) is 49.8 cm³/mol. The third kappa shape index (κ3) is 2.78. The van der Waals surface area contributed by atoms with Crippen LogP contribution >= 0.6 is 0 Å². The van der Waals surface area contributed by atoms with E-state index in [1.165, 1.54) is 0 Å². The van der Waals surface area contributed by atoms with Gasteiger partial charge in [-0.2, -0.15) is 0 Å². The summed E-state index contributed by atoms with van der Waals surface area (Å²) in [7, 11) is 0. The van der Waals surface area contributed by atoms with Gasteiger partial charge >= 0.3 is 18.4 Å². The van der Waals surface area contributed by atoms with Crippen molar-refractivity contribution in [3.63, 3.8) is 0 Å². The highest BCUT2D eigenvalue weighted by atomic mass is 16.6. The van der Waals surface area contributed by atoms with E-state index in [9.17, 15) is 14.4 Å². The zero-order valence-electron chi connectivity index (χ0n) is 8.51. The second kappa shape index (κ2) is 4.91. The lowest BCUT2D eigenvalue weighted by Crippen LogP contribution is -2.35. The maximum Gasteiger partial charge on any atom is 0.317 e. The van der Waals surface area contributed by atoms with Crippen LogP contribution in [0.1, 0.15) is 26.2 Å². The van der Waals surface area contributed by atoms with E-state index in [0.29, 0.717) is 18.8 Å². The molecule has 84 valence electrons. The molecule has 1 rings (SSSR count). The molecule has 5 nitrogen and oxygen atoms in total. The van der Waals surface area contributed by atoms with Gasteiger partial charge in [0.2, 0.25) is 0 Å². The Bertz CT molecular complexity index is 273. The third-order valence-electron chi connectivity index (χ3n) is 2.90. The topological polar surface area (TPSA) is 80.7 Å². The van der Waals surface area contributed by atoms with Crippen molar-refractivity contribution in [2.75, 3.05) is 0 Å². The summed E-state index contributed by atoms with van der Waals surface area (Å²) in [6, 6.07) is 0. The highest BCUT2D eigenvalue weighted by Crippen LogP contribution is 2.34. The second-order valence-corrected chi connectivity index (χ2v) is 4.00. The number of hydrogen-bond acceptors (Lipinski definition) is 4. The summed E-state index contributed by atoms with van der Waals surface area (Å²) < 4.78 is 4.21. The van der Waals surface area contributed by atoms with Crippen LogP contribution in [-0.4, -0.2) is 23.5 Å². The molecule has 0 aromatic rings. The number of ether oxygens (including phenoxy) is 1. The lowest BCUT2D eigenvalue weighted by Gasteiger charge is -2.29. The number of carboxylic acid groups (broad SMARTS) is 1. The summed E-state index contributed by atoms with van der Waals surface area (Å²) >= 11 is 0. The fourth-order valence-electron chi connectivity index (χ4n) is 2.07. The van der Waals surface area contributed by atoms with Crippen molar-refractivity contribution in [2.24, 2.45) is 17.8 Å². The number of carbonyl (C=O) groups excluding carboxylic acids is 2. The van der Waals surface area contributed by atoms with Crippen LogP contribution in [0, 0.1) is 17.8 Å². The molecule has 15 heavy (non-hydrogen) atoms. The van der Waals surface area contributed by atoms with E-state index in [1.54, 1.807) is 0 Å². The van der Waals surface area contributed by atoms with Gasteiger partial charge in [-0.1, -0.05) is 6.92 Å². The Kier molecular flexibility index (Phi) is 3.82. The van der Waals surface area contributed by atoms with Gasteiger partial charge in [-0.25, -0.2) is 0 Å². The van der Waals surface area contributed by atoms with Gasteiger partial charge in [0.1, 0.15) is 0 Å². The molecule has 0 aromatic heterocycles. The van der Waals surface area contributed by atoms with E-state index in [-0.39, 0.29) is 6.47 Å². The molecule has 0 aliphatic heterocycles. The molecule has 3 unspecified atom stereocenters. The fraction of sp³-hybridized carbons (Fsp3) is 0.700. The molecule has 1 N–H and O–H groups in total. The minimum atomic E-state index is -0.991. The van der Waals surface area contributed by atoms with E-state index in [0.717, 1.165) is 6.42 Å². The van der Waals surface area contributed by atoms with Gasteiger partial charge in [0.25, 0.3) is 0 Å². The van der Waals surface area contributed by atoms with E-state index in [1.807, 2.05) is 6.92 Å². The Hall–Kier alpha value is -1.39. The first-order valence-electron chi connectivity index (χ1n) is 4.93. The SMILES string of the molecule is CC1CCC(C(=O)OC=O)C(C(=O)O)C1. The highest BCUT2D eigenvalue weighted by Gasteiger charge is 2.39. The minimum absolute atomic E-state index is 0.0548. The first kappa shape index (κ1) is 11.7. The molecule has 0 amide bonds. The van der Waals surface area contributed by atoms with Gasteiger partial charge in [-0.15, -0.1) is 0 Å². The Labute approximate surface area is 87.4 Å². The van der Waals surface area contributed by atoms with Crippen LogP contribution in [-0.2, 0) is 19.1 Å². The van der Waals surface area contributed by atoms with Crippen LogP contribution < -0.4 is 0 Å². The Morgan fingerprint density at radius 3 is 2.53 bits per heavy atom. The number of esters is 1. The zero-order chi connectivity index (χ0) is 11.4. The molecule has 5 heteroatoms. The van der Waals surface area contributed by atoms with Crippen LogP contribution in [0.5, 0.6) is 0 Å². The Morgan fingerprint density at radius 2 is 2.00 bits per heavy atom. The van der Waals surface area contributed by atoms with Gasteiger partial charge in [0.15, 0.2) is 0 Å². The molecule has 1 aliphatic rings. The zero-order valence-corrected chi connectivity index (χ0v) is 8.51. The predicted octanol–water partition coefficient (Wildman–Crippen LogP) is 0.823. The van der Waals surface area contributed by atoms with Crippen molar-refractivity contribution in [1.82, 2.24) is 0 Å². The van der Waals surface area contributed by atoms with E-state index in [4.69, 9.17) is 5.11 Å². The van der Waals surface area contributed by atoms with Crippen LogP contribution in [0.25, 0.3) is 0 Å². The maximum atomic E-state index is 11.3. The van der Waals surface area contributed by atoms with Gasteiger partial charge in [-0.05, 0) is 25.2 Å². The molecular weight excluding hydrogens is 200 g/mol. The number of aliphatic carboxylic acids is 1. The molecule has 1 fully saturated rings. The average Bonchev–Trinajstić information content (AvgIpc) is 2.17. The monoisotopic (exact) mass is 214 g/mol. The summed E-state index contributed by atoms with van der Waals surface area (Å²) in [5.41, 5.74) is 0. The van der Waals surface area contributed by atoms with Gasteiger partial charge in [0, 0.05) is 0 Å².